The average molecular weight is 300 g/mol. The summed E-state index contributed by atoms with van der Waals surface area (Å²) < 4.78 is 13.7. The Morgan fingerprint density at radius 1 is 1.59 bits per heavy atom. The van der Waals surface area contributed by atoms with Gasteiger partial charge in [-0.15, -0.1) is 0 Å². The molecule has 0 bridgehead atoms. The van der Waals surface area contributed by atoms with Crippen LogP contribution in [0.1, 0.15) is 30.1 Å². The third-order valence-electron chi connectivity index (χ3n) is 3.18. The molecule has 2 rings (SSSR count). The van der Waals surface area contributed by atoms with Crippen LogP contribution < -0.4 is 5.32 Å². The van der Waals surface area contributed by atoms with E-state index >= 15 is 0 Å². The topological polar surface area (TPSA) is 29.1 Å². The van der Waals surface area contributed by atoms with Crippen molar-refractivity contribution in [1.29, 1.82) is 0 Å². The number of halogens is 2. The lowest BCUT2D eigenvalue weighted by atomic mass is 10.1. The molecule has 0 aliphatic heterocycles. The molecule has 0 heterocycles. The van der Waals surface area contributed by atoms with E-state index in [1.807, 2.05) is 0 Å². The molecule has 0 radical (unpaired) electrons. The third-order valence-corrected chi connectivity index (χ3v) is 3.88. The average Bonchev–Trinajstić information content (AvgIpc) is 3.12. The molecule has 0 spiro atoms. The maximum absolute atomic E-state index is 13.0. The summed E-state index contributed by atoms with van der Waals surface area (Å²) in [5.74, 6) is 0.648. The molecule has 1 aromatic rings. The second-order valence-corrected chi connectivity index (χ2v) is 5.50. The van der Waals surface area contributed by atoms with Crippen LogP contribution in [0.25, 0.3) is 0 Å². The molecule has 1 saturated carbocycles. The van der Waals surface area contributed by atoms with Gasteiger partial charge in [-0.2, -0.15) is 0 Å². The first kappa shape index (κ1) is 12.6. The van der Waals surface area contributed by atoms with Crippen LogP contribution in [0.2, 0.25) is 0 Å². The highest BCUT2D eigenvalue weighted by Gasteiger charge is 2.28. The summed E-state index contributed by atoms with van der Waals surface area (Å²) in [6.45, 7) is 2.80. The number of nitrogens with one attached hydrogen (secondary N) is 1. The Morgan fingerprint density at radius 2 is 2.29 bits per heavy atom. The Kier molecular flexibility index (Phi) is 3.82. The normalized spacial score (nSPS) is 16.6. The summed E-state index contributed by atoms with van der Waals surface area (Å²) in [7, 11) is 0. The number of rotatable bonds is 4. The van der Waals surface area contributed by atoms with Crippen molar-refractivity contribution in [3.05, 3.63) is 34.1 Å². The number of carbonyl (C=O) groups is 1. The lowest BCUT2D eigenvalue weighted by molar-refractivity contribution is 0.0945. The monoisotopic (exact) mass is 299 g/mol. The summed E-state index contributed by atoms with van der Waals surface area (Å²) >= 11 is 3.25. The molecular weight excluding hydrogens is 285 g/mol. The van der Waals surface area contributed by atoms with Crippen LogP contribution >= 0.6 is 15.9 Å². The zero-order chi connectivity index (χ0) is 12.4. The van der Waals surface area contributed by atoms with Gasteiger partial charge in [-0.1, -0.05) is 6.92 Å². The fraction of sp³-hybridized carbons (Fsp3) is 0.462. The molecule has 1 N–H and O–H groups in total. The highest BCUT2D eigenvalue weighted by atomic mass is 79.9. The van der Waals surface area contributed by atoms with E-state index in [9.17, 15) is 9.18 Å². The lowest BCUT2D eigenvalue weighted by Gasteiger charge is -2.12. The lowest BCUT2D eigenvalue weighted by Crippen LogP contribution is -2.29. The fourth-order valence-electron chi connectivity index (χ4n) is 1.85. The summed E-state index contributed by atoms with van der Waals surface area (Å²) in [5, 5.41) is 2.85. The SMILES string of the molecule is CC(CNC(=O)c1cc(F)ccc1Br)C1CC1. The number of carbonyl (C=O) groups excluding carboxylic acids is 1. The quantitative estimate of drug-likeness (QED) is 0.907. The highest BCUT2D eigenvalue weighted by Crippen LogP contribution is 2.36. The molecule has 4 heteroatoms. The molecule has 1 fully saturated rings. The Bertz CT molecular complexity index is 431. The Labute approximate surface area is 109 Å². The van der Waals surface area contributed by atoms with Gasteiger partial charge in [0.1, 0.15) is 5.82 Å². The van der Waals surface area contributed by atoms with Crippen molar-refractivity contribution in [2.45, 2.75) is 19.8 Å². The van der Waals surface area contributed by atoms with Crippen molar-refractivity contribution >= 4 is 21.8 Å². The van der Waals surface area contributed by atoms with E-state index in [0.717, 1.165) is 5.92 Å². The van der Waals surface area contributed by atoms with Crippen LogP contribution in [-0.4, -0.2) is 12.5 Å². The third kappa shape index (κ3) is 3.28. The summed E-state index contributed by atoms with van der Waals surface area (Å²) in [5.41, 5.74) is 0.355. The minimum atomic E-state index is -0.395. The van der Waals surface area contributed by atoms with Crippen LogP contribution in [-0.2, 0) is 0 Å². The molecule has 0 saturated heterocycles. The van der Waals surface area contributed by atoms with Gasteiger partial charge >= 0.3 is 0 Å². The van der Waals surface area contributed by atoms with E-state index in [1.165, 1.54) is 25.0 Å². The van der Waals surface area contributed by atoms with Crippen LogP contribution in [0.4, 0.5) is 4.39 Å². The van der Waals surface area contributed by atoms with Crippen LogP contribution in [0.5, 0.6) is 0 Å². The van der Waals surface area contributed by atoms with E-state index < -0.39 is 5.82 Å². The molecule has 0 aromatic heterocycles. The van der Waals surface area contributed by atoms with Gasteiger partial charge in [0.2, 0.25) is 0 Å². The predicted molar refractivity (Wildman–Crippen MR) is 68.3 cm³/mol. The first-order valence-corrected chi connectivity index (χ1v) is 6.60. The molecule has 1 atom stereocenters. The molecule has 1 aliphatic rings. The first-order chi connectivity index (χ1) is 8.08. The van der Waals surface area contributed by atoms with E-state index in [-0.39, 0.29) is 5.91 Å². The number of benzene rings is 1. The van der Waals surface area contributed by atoms with Gasteiger partial charge < -0.3 is 5.32 Å². The van der Waals surface area contributed by atoms with Crippen molar-refractivity contribution in [3.63, 3.8) is 0 Å². The number of hydrogen-bond donors (Lipinski definition) is 1. The van der Waals surface area contributed by atoms with Gasteiger partial charge in [0.25, 0.3) is 5.91 Å². The molecule has 92 valence electrons. The minimum absolute atomic E-state index is 0.219. The molecule has 1 aliphatic carbocycles. The van der Waals surface area contributed by atoms with Crippen LogP contribution in [0.15, 0.2) is 22.7 Å². The Morgan fingerprint density at radius 3 is 2.94 bits per heavy atom. The van der Waals surface area contributed by atoms with Gasteiger partial charge in [-0.05, 0) is 58.8 Å². The molecule has 17 heavy (non-hydrogen) atoms. The number of amides is 1. The van der Waals surface area contributed by atoms with Crippen molar-refractivity contribution in [3.8, 4) is 0 Å². The van der Waals surface area contributed by atoms with Crippen molar-refractivity contribution in [2.75, 3.05) is 6.54 Å². The van der Waals surface area contributed by atoms with Crippen molar-refractivity contribution in [1.82, 2.24) is 5.32 Å². The summed E-state index contributed by atoms with van der Waals surface area (Å²) in [6, 6.07) is 4.13. The van der Waals surface area contributed by atoms with Crippen molar-refractivity contribution < 1.29 is 9.18 Å². The highest BCUT2D eigenvalue weighted by molar-refractivity contribution is 9.10. The van der Waals surface area contributed by atoms with E-state index in [1.54, 1.807) is 6.07 Å². The first-order valence-electron chi connectivity index (χ1n) is 5.81. The standard InChI is InChI=1S/C13H15BrFNO/c1-8(9-2-3-9)7-16-13(17)11-6-10(15)4-5-12(11)14/h4-6,8-9H,2-3,7H2,1H3,(H,16,17). The second kappa shape index (κ2) is 5.17. The largest absolute Gasteiger partial charge is 0.352 e. The van der Waals surface area contributed by atoms with Gasteiger partial charge in [0, 0.05) is 11.0 Å². The maximum atomic E-state index is 13.0. The van der Waals surface area contributed by atoms with Crippen molar-refractivity contribution in [2.24, 2.45) is 11.8 Å². The van der Waals surface area contributed by atoms with E-state index in [4.69, 9.17) is 0 Å². The molecule has 1 unspecified atom stereocenters. The summed E-state index contributed by atoms with van der Waals surface area (Å²) in [4.78, 5) is 11.9. The zero-order valence-electron chi connectivity index (χ0n) is 9.67. The Balaban J connectivity index is 1.96. The second-order valence-electron chi connectivity index (χ2n) is 4.65. The van der Waals surface area contributed by atoms with Gasteiger partial charge in [0.05, 0.1) is 5.56 Å². The Hall–Kier alpha value is -0.900. The zero-order valence-corrected chi connectivity index (χ0v) is 11.3. The molecule has 1 amide bonds. The van der Waals surface area contributed by atoms with Gasteiger partial charge in [-0.3, -0.25) is 4.79 Å². The smallest absolute Gasteiger partial charge is 0.252 e. The predicted octanol–water partition coefficient (Wildman–Crippen LogP) is 3.36. The van der Waals surface area contributed by atoms with Crippen LogP contribution in [0.3, 0.4) is 0 Å². The van der Waals surface area contributed by atoms with Crippen LogP contribution in [0, 0.1) is 17.7 Å². The maximum Gasteiger partial charge on any atom is 0.252 e. The molecular formula is C13H15BrFNO. The van der Waals surface area contributed by atoms with Gasteiger partial charge in [-0.25, -0.2) is 4.39 Å². The van der Waals surface area contributed by atoms with Gasteiger partial charge in [0.15, 0.2) is 0 Å². The number of hydrogen-bond acceptors (Lipinski definition) is 1. The van der Waals surface area contributed by atoms with E-state index in [0.29, 0.717) is 22.5 Å². The molecule has 2 nitrogen and oxygen atoms in total. The summed E-state index contributed by atoms with van der Waals surface area (Å²) in [6.07, 6.45) is 2.53. The minimum Gasteiger partial charge on any atom is -0.352 e. The fourth-order valence-corrected chi connectivity index (χ4v) is 2.28. The molecule has 1 aromatic carbocycles. The van der Waals surface area contributed by atoms with E-state index in [2.05, 4.69) is 28.2 Å².